The van der Waals surface area contributed by atoms with Crippen LogP contribution in [-0.2, 0) is 6.54 Å². The third kappa shape index (κ3) is 4.25. The largest absolute Gasteiger partial charge is 0.313 e. The summed E-state index contributed by atoms with van der Waals surface area (Å²) in [5.74, 6) is 0.779. The number of benzene rings is 1. The van der Waals surface area contributed by atoms with Gasteiger partial charge in [-0.2, -0.15) is 0 Å². The average Bonchev–Trinajstić information content (AvgIpc) is 2.15. The summed E-state index contributed by atoms with van der Waals surface area (Å²) in [5, 5.41) is 3.44. The number of halogens is 1. The second-order valence-electron chi connectivity index (χ2n) is 3.95. The van der Waals surface area contributed by atoms with Gasteiger partial charge in [0.1, 0.15) is 0 Å². The van der Waals surface area contributed by atoms with Crippen molar-refractivity contribution >= 4 is 15.9 Å². The van der Waals surface area contributed by atoms with Crippen molar-refractivity contribution < 1.29 is 0 Å². The number of rotatable bonds is 5. The highest BCUT2D eigenvalue weighted by atomic mass is 79.9. The Morgan fingerprint density at radius 1 is 1.29 bits per heavy atom. The van der Waals surface area contributed by atoms with Crippen LogP contribution in [-0.4, -0.2) is 6.54 Å². The van der Waals surface area contributed by atoms with E-state index in [9.17, 15) is 0 Å². The molecule has 0 unspecified atom stereocenters. The lowest BCUT2D eigenvalue weighted by Gasteiger charge is -2.08. The van der Waals surface area contributed by atoms with E-state index in [0.717, 1.165) is 19.0 Å². The zero-order valence-corrected chi connectivity index (χ0v) is 10.5. The molecular weight excluding hydrogens is 238 g/mol. The molecule has 78 valence electrons. The fraction of sp³-hybridized carbons (Fsp3) is 0.500. The molecule has 0 aliphatic carbocycles. The van der Waals surface area contributed by atoms with Gasteiger partial charge in [0.25, 0.3) is 0 Å². The van der Waals surface area contributed by atoms with Crippen molar-refractivity contribution in [3.63, 3.8) is 0 Å². The Morgan fingerprint density at radius 2 is 2.00 bits per heavy atom. The lowest BCUT2D eigenvalue weighted by atomic mass is 10.1. The van der Waals surface area contributed by atoms with E-state index in [4.69, 9.17) is 0 Å². The molecule has 0 saturated heterocycles. The van der Waals surface area contributed by atoms with E-state index >= 15 is 0 Å². The normalized spacial score (nSPS) is 10.9. The molecule has 0 aliphatic rings. The fourth-order valence-corrected chi connectivity index (χ4v) is 1.68. The monoisotopic (exact) mass is 255 g/mol. The summed E-state index contributed by atoms with van der Waals surface area (Å²) in [4.78, 5) is 0. The van der Waals surface area contributed by atoms with Gasteiger partial charge >= 0.3 is 0 Å². The Kier molecular flexibility index (Phi) is 5.20. The zero-order valence-electron chi connectivity index (χ0n) is 8.89. The minimum atomic E-state index is 0.779. The molecule has 0 atom stereocenters. The molecule has 0 amide bonds. The van der Waals surface area contributed by atoms with Crippen molar-refractivity contribution in [3.8, 4) is 0 Å². The predicted octanol–water partition coefficient (Wildman–Crippen LogP) is 3.58. The molecular formula is C12H18BrN. The third-order valence-corrected chi connectivity index (χ3v) is 2.95. The molecule has 0 fully saturated rings. The number of hydrogen-bond acceptors (Lipinski definition) is 1. The standard InChI is InChI=1S/C12H18BrN/c1-10(2)7-8-14-9-11-5-3-4-6-12(11)13/h3-6,10,14H,7-9H2,1-2H3. The highest BCUT2D eigenvalue weighted by molar-refractivity contribution is 9.10. The summed E-state index contributed by atoms with van der Waals surface area (Å²) in [5.41, 5.74) is 1.33. The van der Waals surface area contributed by atoms with Crippen LogP contribution in [0.15, 0.2) is 28.7 Å². The van der Waals surface area contributed by atoms with Crippen LogP contribution in [0.5, 0.6) is 0 Å². The Balaban J connectivity index is 2.28. The van der Waals surface area contributed by atoms with E-state index < -0.39 is 0 Å². The van der Waals surface area contributed by atoms with Crippen molar-refractivity contribution in [2.75, 3.05) is 6.54 Å². The lowest BCUT2D eigenvalue weighted by molar-refractivity contribution is 0.537. The molecule has 1 N–H and O–H groups in total. The van der Waals surface area contributed by atoms with Crippen LogP contribution in [0, 0.1) is 5.92 Å². The van der Waals surface area contributed by atoms with Gasteiger partial charge in [0, 0.05) is 11.0 Å². The van der Waals surface area contributed by atoms with Crippen LogP contribution < -0.4 is 5.32 Å². The van der Waals surface area contributed by atoms with E-state index in [1.165, 1.54) is 16.5 Å². The highest BCUT2D eigenvalue weighted by Gasteiger charge is 1.97. The second kappa shape index (κ2) is 6.20. The summed E-state index contributed by atoms with van der Waals surface area (Å²) in [7, 11) is 0. The predicted molar refractivity (Wildman–Crippen MR) is 65.3 cm³/mol. The van der Waals surface area contributed by atoms with E-state index in [-0.39, 0.29) is 0 Å². The molecule has 0 radical (unpaired) electrons. The first kappa shape index (κ1) is 11.7. The van der Waals surface area contributed by atoms with Crippen LogP contribution in [0.1, 0.15) is 25.8 Å². The number of nitrogens with one attached hydrogen (secondary N) is 1. The fourth-order valence-electron chi connectivity index (χ4n) is 1.26. The number of hydrogen-bond donors (Lipinski definition) is 1. The second-order valence-corrected chi connectivity index (χ2v) is 4.81. The van der Waals surface area contributed by atoms with Gasteiger partial charge in [0.15, 0.2) is 0 Å². The van der Waals surface area contributed by atoms with Gasteiger partial charge < -0.3 is 5.32 Å². The molecule has 0 aliphatic heterocycles. The van der Waals surface area contributed by atoms with Crippen LogP contribution in [0.25, 0.3) is 0 Å². The molecule has 1 aromatic carbocycles. The molecule has 0 bridgehead atoms. The third-order valence-electron chi connectivity index (χ3n) is 2.17. The maximum absolute atomic E-state index is 3.54. The molecule has 0 aromatic heterocycles. The van der Waals surface area contributed by atoms with Gasteiger partial charge in [-0.05, 0) is 30.5 Å². The van der Waals surface area contributed by atoms with E-state index in [2.05, 4.69) is 53.3 Å². The summed E-state index contributed by atoms with van der Waals surface area (Å²) in [6, 6.07) is 8.35. The Bertz CT molecular complexity index is 271. The first-order valence-electron chi connectivity index (χ1n) is 5.14. The quantitative estimate of drug-likeness (QED) is 0.794. The molecule has 14 heavy (non-hydrogen) atoms. The Hall–Kier alpha value is -0.340. The summed E-state index contributed by atoms with van der Waals surface area (Å²) in [6.45, 7) is 6.55. The minimum absolute atomic E-state index is 0.779. The molecule has 2 heteroatoms. The maximum atomic E-state index is 3.54. The first-order valence-corrected chi connectivity index (χ1v) is 5.93. The van der Waals surface area contributed by atoms with Gasteiger partial charge in [-0.15, -0.1) is 0 Å². The Labute approximate surface area is 95.0 Å². The van der Waals surface area contributed by atoms with Crippen molar-refractivity contribution in [2.24, 2.45) is 5.92 Å². The van der Waals surface area contributed by atoms with Gasteiger partial charge in [-0.25, -0.2) is 0 Å². The summed E-state index contributed by atoms with van der Waals surface area (Å²) in [6.07, 6.45) is 1.24. The molecule has 1 rings (SSSR count). The van der Waals surface area contributed by atoms with Crippen LogP contribution >= 0.6 is 15.9 Å². The smallest absolute Gasteiger partial charge is 0.0220 e. The summed E-state index contributed by atoms with van der Waals surface area (Å²) < 4.78 is 1.19. The van der Waals surface area contributed by atoms with Gasteiger partial charge in [-0.1, -0.05) is 48.0 Å². The van der Waals surface area contributed by atoms with Crippen LogP contribution in [0.4, 0.5) is 0 Å². The summed E-state index contributed by atoms with van der Waals surface area (Å²) >= 11 is 3.54. The molecule has 1 nitrogen and oxygen atoms in total. The molecule has 1 aromatic rings. The van der Waals surface area contributed by atoms with Crippen molar-refractivity contribution in [1.29, 1.82) is 0 Å². The maximum Gasteiger partial charge on any atom is 0.0220 e. The molecule has 0 saturated carbocycles. The highest BCUT2D eigenvalue weighted by Crippen LogP contribution is 2.15. The lowest BCUT2D eigenvalue weighted by Crippen LogP contribution is -2.16. The van der Waals surface area contributed by atoms with Gasteiger partial charge in [0.05, 0.1) is 0 Å². The van der Waals surface area contributed by atoms with Crippen LogP contribution in [0.2, 0.25) is 0 Å². The zero-order chi connectivity index (χ0) is 10.4. The van der Waals surface area contributed by atoms with E-state index in [1.54, 1.807) is 0 Å². The molecule has 0 heterocycles. The van der Waals surface area contributed by atoms with E-state index in [1.807, 2.05) is 6.07 Å². The van der Waals surface area contributed by atoms with Crippen molar-refractivity contribution in [2.45, 2.75) is 26.8 Å². The SMILES string of the molecule is CC(C)CCNCc1ccccc1Br. The van der Waals surface area contributed by atoms with Crippen molar-refractivity contribution in [1.82, 2.24) is 5.32 Å². The van der Waals surface area contributed by atoms with Gasteiger partial charge in [-0.3, -0.25) is 0 Å². The topological polar surface area (TPSA) is 12.0 Å². The first-order chi connectivity index (χ1) is 6.70. The van der Waals surface area contributed by atoms with Crippen molar-refractivity contribution in [3.05, 3.63) is 34.3 Å². The van der Waals surface area contributed by atoms with E-state index in [0.29, 0.717) is 0 Å². The minimum Gasteiger partial charge on any atom is -0.313 e. The Morgan fingerprint density at radius 3 is 2.64 bits per heavy atom. The van der Waals surface area contributed by atoms with Crippen LogP contribution in [0.3, 0.4) is 0 Å². The average molecular weight is 256 g/mol. The van der Waals surface area contributed by atoms with Gasteiger partial charge in [0.2, 0.25) is 0 Å². The molecule has 0 spiro atoms.